The van der Waals surface area contributed by atoms with Crippen LogP contribution in [0.3, 0.4) is 0 Å². The Labute approximate surface area is 359 Å². The standard InChI is InChI=1S/C48H74O6S3/c1-42(2,3)33-26-31(28-37(39(33)52)46(11,12)19-22-50)56-47(13,14)57-32-27-34(43(4,5)6)40(53)38(29-32)48(15,20-23-51)17-16-44(7,8)35-24-30(55)25-36(41(35)54)45(9,10)18-21-49/h24-29,49-55H,16-23H2,1-15H3. The van der Waals surface area contributed by atoms with Crippen LogP contribution in [0.15, 0.2) is 51.1 Å². The fourth-order valence-corrected chi connectivity index (χ4v) is 10.7. The lowest BCUT2D eigenvalue weighted by Gasteiger charge is -2.37. The summed E-state index contributed by atoms with van der Waals surface area (Å²) in [6.07, 6.45) is 2.75. The molecular weight excluding hydrogens is 769 g/mol. The molecule has 6 nitrogen and oxygen atoms in total. The molecule has 0 aliphatic carbocycles. The number of aliphatic hydroxyl groups excluding tert-OH is 3. The van der Waals surface area contributed by atoms with Gasteiger partial charge in [-0.05, 0) is 115 Å². The molecule has 0 bridgehead atoms. The Bertz CT molecular complexity index is 1870. The third kappa shape index (κ3) is 11.8. The Hall–Kier alpha value is -2.01. The molecule has 3 aromatic carbocycles. The number of phenols is 3. The molecule has 0 spiro atoms. The minimum atomic E-state index is -0.608. The fourth-order valence-electron chi connectivity index (χ4n) is 7.89. The van der Waals surface area contributed by atoms with E-state index in [-0.39, 0.29) is 46.2 Å². The second-order valence-electron chi connectivity index (χ2n) is 20.9. The number of hydrogen-bond acceptors (Lipinski definition) is 9. The van der Waals surface area contributed by atoms with Gasteiger partial charge in [-0.1, -0.05) is 90.0 Å². The molecular formula is C48H74O6S3. The van der Waals surface area contributed by atoms with Crippen molar-refractivity contribution >= 4 is 36.2 Å². The van der Waals surface area contributed by atoms with E-state index in [0.717, 1.165) is 48.1 Å². The number of aromatic hydroxyl groups is 3. The van der Waals surface area contributed by atoms with E-state index in [0.29, 0.717) is 37.9 Å². The Morgan fingerprint density at radius 3 is 1.12 bits per heavy atom. The largest absolute Gasteiger partial charge is 0.507 e. The third-order valence-electron chi connectivity index (χ3n) is 11.9. The summed E-state index contributed by atoms with van der Waals surface area (Å²) in [6.45, 7) is 31.5. The summed E-state index contributed by atoms with van der Waals surface area (Å²) < 4.78 is -0.375. The second-order valence-corrected chi connectivity index (χ2v) is 25.0. The lowest BCUT2D eigenvalue weighted by atomic mass is 9.68. The molecule has 0 aliphatic rings. The molecule has 0 fully saturated rings. The van der Waals surface area contributed by atoms with Gasteiger partial charge < -0.3 is 30.6 Å². The molecule has 3 rings (SSSR count). The smallest absolute Gasteiger partial charge is 0.123 e. The van der Waals surface area contributed by atoms with Crippen LogP contribution < -0.4 is 0 Å². The van der Waals surface area contributed by atoms with Crippen LogP contribution in [0.1, 0.15) is 169 Å². The maximum atomic E-state index is 12.1. The Kier molecular flexibility index (Phi) is 15.5. The molecule has 0 heterocycles. The van der Waals surface area contributed by atoms with Crippen molar-refractivity contribution in [3.05, 3.63) is 69.8 Å². The zero-order valence-electron chi connectivity index (χ0n) is 37.6. The molecule has 0 radical (unpaired) electrons. The molecule has 57 heavy (non-hydrogen) atoms. The van der Waals surface area contributed by atoms with Crippen molar-refractivity contribution in [3.63, 3.8) is 0 Å². The Morgan fingerprint density at radius 1 is 0.421 bits per heavy atom. The molecule has 6 N–H and O–H groups in total. The fraction of sp³-hybridized carbons (Fsp3) is 0.625. The predicted molar refractivity (Wildman–Crippen MR) is 246 cm³/mol. The predicted octanol–water partition coefficient (Wildman–Crippen LogP) is 12.0. The lowest BCUT2D eigenvalue weighted by molar-refractivity contribution is 0.224. The van der Waals surface area contributed by atoms with E-state index >= 15 is 0 Å². The monoisotopic (exact) mass is 842 g/mol. The van der Waals surface area contributed by atoms with Crippen LogP contribution in [0.25, 0.3) is 0 Å². The number of rotatable bonds is 17. The Balaban J connectivity index is 2.13. The van der Waals surface area contributed by atoms with Crippen molar-refractivity contribution in [2.45, 2.75) is 187 Å². The molecule has 1 unspecified atom stereocenters. The van der Waals surface area contributed by atoms with Crippen molar-refractivity contribution in [2.75, 3.05) is 19.8 Å². The molecule has 0 saturated heterocycles. The van der Waals surface area contributed by atoms with Gasteiger partial charge in [-0.25, -0.2) is 0 Å². The normalized spacial score (nSPS) is 14.6. The summed E-state index contributed by atoms with van der Waals surface area (Å²) in [5.74, 6) is 0.770. The number of thioether (sulfide) groups is 2. The average Bonchev–Trinajstić information content (AvgIpc) is 3.04. The van der Waals surface area contributed by atoms with Crippen LogP contribution in [-0.4, -0.2) is 54.5 Å². The summed E-state index contributed by atoms with van der Waals surface area (Å²) >= 11 is 8.19. The van der Waals surface area contributed by atoms with Gasteiger partial charge in [0.15, 0.2) is 0 Å². The van der Waals surface area contributed by atoms with Gasteiger partial charge in [0.05, 0.1) is 4.08 Å². The zero-order valence-corrected chi connectivity index (χ0v) is 40.1. The first-order valence-corrected chi connectivity index (χ1v) is 22.5. The summed E-state index contributed by atoms with van der Waals surface area (Å²) in [5.41, 5.74) is 2.25. The van der Waals surface area contributed by atoms with E-state index in [2.05, 4.69) is 114 Å². The van der Waals surface area contributed by atoms with E-state index in [1.807, 2.05) is 26.0 Å². The van der Waals surface area contributed by atoms with Crippen LogP contribution in [0, 0.1) is 0 Å². The van der Waals surface area contributed by atoms with Gasteiger partial charge in [0.1, 0.15) is 17.2 Å². The highest BCUT2D eigenvalue weighted by Crippen LogP contribution is 2.53. The quantitative estimate of drug-likeness (QED) is 0.0408. The van der Waals surface area contributed by atoms with E-state index in [4.69, 9.17) is 12.6 Å². The van der Waals surface area contributed by atoms with E-state index in [9.17, 15) is 30.6 Å². The van der Waals surface area contributed by atoms with Gasteiger partial charge in [-0.2, -0.15) is 0 Å². The number of thiol groups is 1. The van der Waals surface area contributed by atoms with Crippen LogP contribution >= 0.6 is 36.2 Å². The summed E-state index contributed by atoms with van der Waals surface area (Å²) in [7, 11) is 0. The zero-order chi connectivity index (χ0) is 43.7. The van der Waals surface area contributed by atoms with Gasteiger partial charge in [0.25, 0.3) is 0 Å². The molecule has 0 saturated carbocycles. The topological polar surface area (TPSA) is 121 Å². The van der Waals surface area contributed by atoms with E-state index in [1.54, 1.807) is 23.5 Å². The molecule has 3 aromatic rings. The highest BCUT2D eigenvalue weighted by Gasteiger charge is 2.38. The molecule has 1 atom stereocenters. The average molecular weight is 843 g/mol. The second kappa shape index (κ2) is 17.9. The Morgan fingerprint density at radius 2 is 0.737 bits per heavy atom. The minimum Gasteiger partial charge on any atom is -0.507 e. The van der Waals surface area contributed by atoms with Gasteiger partial charge in [-0.3, -0.25) is 0 Å². The van der Waals surface area contributed by atoms with Gasteiger partial charge in [-0.15, -0.1) is 36.2 Å². The van der Waals surface area contributed by atoms with Gasteiger partial charge >= 0.3 is 0 Å². The van der Waals surface area contributed by atoms with Gasteiger partial charge in [0, 0.05) is 67.9 Å². The number of aliphatic hydroxyl groups is 3. The highest BCUT2D eigenvalue weighted by atomic mass is 32.2. The first kappa shape index (κ1) is 49.4. The molecule has 0 aliphatic heterocycles. The van der Waals surface area contributed by atoms with Crippen LogP contribution in [0.2, 0.25) is 0 Å². The summed E-state index contributed by atoms with van der Waals surface area (Å²) in [5, 5.41) is 65.5. The van der Waals surface area contributed by atoms with Crippen molar-refractivity contribution in [1.82, 2.24) is 0 Å². The molecule has 320 valence electrons. The van der Waals surface area contributed by atoms with Crippen LogP contribution in [0.5, 0.6) is 17.2 Å². The first-order valence-electron chi connectivity index (χ1n) is 20.4. The SMILES string of the molecule is CC(C)(Sc1cc(C(C)(C)C)c(O)c(C(C)(C)CCO)c1)Sc1cc(C(C)(C)C)c(O)c(C(C)(CCO)CCC(C)(C)c2cc(S)cc(C(C)(C)CCO)c2O)c1. The molecule has 0 aromatic heterocycles. The third-order valence-corrected chi connectivity index (χ3v) is 14.6. The maximum absolute atomic E-state index is 12.1. The van der Waals surface area contributed by atoms with Crippen LogP contribution in [0.4, 0.5) is 0 Å². The number of benzene rings is 3. The maximum Gasteiger partial charge on any atom is 0.123 e. The first-order chi connectivity index (χ1) is 25.9. The summed E-state index contributed by atoms with van der Waals surface area (Å²) in [4.78, 5) is 2.80. The molecule has 0 amide bonds. The van der Waals surface area contributed by atoms with Gasteiger partial charge in [0.2, 0.25) is 0 Å². The van der Waals surface area contributed by atoms with Crippen LogP contribution in [-0.2, 0) is 32.5 Å². The number of phenolic OH excluding ortho intramolecular Hbond substituents is 3. The van der Waals surface area contributed by atoms with Crippen molar-refractivity contribution in [1.29, 1.82) is 0 Å². The van der Waals surface area contributed by atoms with E-state index in [1.165, 1.54) is 0 Å². The highest BCUT2D eigenvalue weighted by molar-refractivity contribution is 8.18. The van der Waals surface area contributed by atoms with Crippen molar-refractivity contribution in [2.24, 2.45) is 0 Å². The van der Waals surface area contributed by atoms with Crippen molar-refractivity contribution < 1.29 is 30.6 Å². The number of hydrogen-bond donors (Lipinski definition) is 7. The minimum absolute atomic E-state index is 0.00832. The lowest BCUT2D eigenvalue weighted by Crippen LogP contribution is -2.29. The van der Waals surface area contributed by atoms with E-state index < -0.39 is 21.7 Å². The molecule has 9 heteroatoms. The van der Waals surface area contributed by atoms with Crippen molar-refractivity contribution in [3.8, 4) is 17.2 Å². The summed E-state index contributed by atoms with van der Waals surface area (Å²) in [6, 6.07) is 12.2.